The van der Waals surface area contributed by atoms with Gasteiger partial charge in [0.05, 0.1) is 13.3 Å². The van der Waals surface area contributed by atoms with Crippen LogP contribution in [0.4, 0.5) is 0 Å². The largest absolute Gasteiger partial charge is 0.493 e. The zero-order chi connectivity index (χ0) is 19.8. The van der Waals surface area contributed by atoms with Gasteiger partial charge in [0.15, 0.2) is 11.5 Å². The Morgan fingerprint density at radius 1 is 1.00 bits per heavy atom. The van der Waals surface area contributed by atoms with E-state index in [0.29, 0.717) is 29.2 Å². The fraction of sp³-hybridized carbons (Fsp3) is 0.130. The molecule has 0 saturated carbocycles. The Hall–Kier alpha value is -3.60. The second-order valence-corrected chi connectivity index (χ2v) is 6.22. The number of rotatable bonds is 7. The minimum Gasteiger partial charge on any atom is -0.493 e. The van der Waals surface area contributed by atoms with Crippen LogP contribution in [0.15, 0.2) is 77.9 Å². The first-order valence-corrected chi connectivity index (χ1v) is 8.91. The van der Waals surface area contributed by atoms with Gasteiger partial charge in [0.2, 0.25) is 0 Å². The number of para-hydroxylation sites is 1. The van der Waals surface area contributed by atoms with Crippen molar-refractivity contribution in [2.75, 3.05) is 7.11 Å². The normalized spacial score (nSPS) is 10.6. The third-order valence-electron chi connectivity index (χ3n) is 4.14. The highest BCUT2D eigenvalue weighted by Gasteiger charge is 2.10. The number of nitrogens with one attached hydrogen (secondary N) is 1. The van der Waals surface area contributed by atoms with Gasteiger partial charge in [0.1, 0.15) is 6.61 Å². The molecule has 3 rings (SSSR count). The summed E-state index contributed by atoms with van der Waals surface area (Å²) in [4.78, 5) is 12.2. The summed E-state index contributed by atoms with van der Waals surface area (Å²) in [7, 11) is 1.59. The van der Waals surface area contributed by atoms with E-state index in [1.54, 1.807) is 25.5 Å². The van der Waals surface area contributed by atoms with Gasteiger partial charge >= 0.3 is 0 Å². The van der Waals surface area contributed by atoms with Crippen molar-refractivity contribution in [1.29, 1.82) is 0 Å². The number of hydrazone groups is 1. The fourth-order valence-electron chi connectivity index (χ4n) is 2.61. The molecule has 0 aliphatic rings. The highest BCUT2D eigenvalue weighted by Crippen LogP contribution is 2.30. The molecule has 3 aromatic rings. The predicted octanol–water partition coefficient (Wildman–Crippen LogP) is 4.35. The Morgan fingerprint density at radius 2 is 1.75 bits per heavy atom. The molecule has 0 radical (unpaired) electrons. The molecule has 1 N–H and O–H groups in total. The molecule has 5 heteroatoms. The van der Waals surface area contributed by atoms with Crippen LogP contribution in [-0.4, -0.2) is 19.2 Å². The molecule has 28 heavy (non-hydrogen) atoms. The first-order valence-electron chi connectivity index (χ1n) is 8.91. The summed E-state index contributed by atoms with van der Waals surface area (Å²) in [5.74, 6) is 0.901. The highest BCUT2D eigenvalue weighted by atomic mass is 16.5. The van der Waals surface area contributed by atoms with Crippen LogP contribution >= 0.6 is 0 Å². The molecule has 0 unspecified atom stereocenters. The number of hydrogen-bond acceptors (Lipinski definition) is 4. The van der Waals surface area contributed by atoms with Gasteiger partial charge in [-0.05, 0) is 36.8 Å². The summed E-state index contributed by atoms with van der Waals surface area (Å²) >= 11 is 0. The van der Waals surface area contributed by atoms with Crippen molar-refractivity contribution >= 4 is 12.1 Å². The van der Waals surface area contributed by atoms with E-state index in [4.69, 9.17) is 9.47 Å². The summed E-state index contributed by atoms with van der Waals surface area (Å²) in [5.41, 5.74) is 5.94. The van der Waals surface area contributed by atoms with E-state index in [-0.39, 0.29) is 5.91 Å². The standard InChI is InChI=1S/C23H22N2O3/c1-17-11-13-19(14-12-17)23(26)25-24-15-20-9-6-10-21(27-2)22(20)28-16-18-7-4-3-5-8-18/h3-15H,16H2,1-2H3,(H,25,26)/b24-15-. The van der Waals surface area contributed by atoms with Crippen molar-refractivity contribution in [3.8, 4) is 11.5 Å². The van der Waals surface area contributed by atoms with Crippen LogP contribution in [0.3, 0.4) is 0 Å². The SMILES string of the molecule is COc1cccc(/C=N\NC(=O)c2ccc(C)cc2)c1OCc1ccccc1. The zero-order valence-electron chi connectivity index (χ0n) is 15.9. The smallest absolute Gasteiger partial charge is 0.271 e. The molecule has 3 aromatic carbocycles. The van der Waals surface area contributed by atoms with Crippen LogP contribution in [0.2, 0.25) is 0 Å². The summed E-state index contributed by atoms with van der Waals surface area (Å²) in [5, 5.41) is 4.07. The number of carbonyl (C=O) groups is 1. The molecule has 0 spiro atoms. The van der Waals surface area contributed by atoms with Gasteiger partial charge in [-0.25, -0.2) is 5.43 Å². The van der Waals surface area contributed by atoms with Gasteiger partial charge in [-0.2, -0.15) is 5.10 Å². The van der Waals surface area contributed by atoms with Crippen molar-refractivity contribution in [2.45, 2.75) is 13.5 Å². The van der Waals surface area contributed by atoms with E-state index in [9.17, 15) is 4.79 Å². The second kappa shape index (κ2) is 9.37. The average Bonchev–Trinajstić information content (AvgIpc) is 2.73. The molecular weight excluding hydrogens is 352 g/mol. The van der Waals surface area contributed by atoms with Crippen LogP contribution in [0.1, 0.15) is 27.0 Å². The van der Waals surface area contributed by atoms with Crippen LogP contribution in [0, 0.1) is 6.92 Å². The maximum absolute atomic E-state index is 12.2. The topological polar surface area (TPSA) is 59.9 Å². The molecule has 0 heterocycles. The number of hydrogen-bond donors (Lipinski definition) is 1. The molecule has 0 aliphatic heterocycles. The van der Waals surface area contributed by atoms with Gasteiger partial charge in [-0.3, -0.25) is 4.79 Å². The van der Waals surface area contributed by atoms with E-state index < -0.39 is 0 Å². The fourth-order valence-corrected chi connectivity index (χ4v) is 2.61. The summed E-state index contributed by atoms with van der Waals surface area (Å²) in [6.07, 6.45) is 1.55. The van der Waals surface area contributed by atoms with E-state index in [0.717, 1.165) is 11.1 Å². The number of methoxy groups -OCH3 is 1. The predicted molar refractivity (Wildman–Crippen MR) is 110 cm³/mol. The molecule has 0 fully saturated rings. The minimum atomic E-state index is -0.272. The summed E-state index contributed by atoms with van der Waals surface area (Å²) in [6, 6.07) is 22.7. The second-order valence-electron chi connectivity index (χ2n) is 6.22. The van der Waals surface area contributed by atoms with E-state index >= 15 is 0 Å². The maximum atomic E-state index is 12.2. The van der Waals surface area contributed by atoms with Crippen molar-refractivity contribution in [1.82, 2.24) is 5.43 Å². The van der Waals surface area contributed by atoms with Crippen LogP contribution in [-0.2, 0) is 6.61 Å². The number of carbonyl (C=O) groups excluding carboxylic acids is 1. The third-order valence-corrected chi connectivity index (χ3v) is 4.14. The van der Waals surface area contributed by atoms with Crippen LogP contribution in [0.5, 0.6) is 11.5 Å². The Bertz CT molecular complexity index is 951. The van der Waals surface area contributed by atoms with Crippen LogP contribution < -0.4 is 14.9 Å². The van der Waals surface area contributed by atoms with E-state index in [1.165, 1.54) is 0 Å². The van der Waals surface area contributed by atoms with Gasteiger partial charge in [0, 0.05) is 11.1 Å². The molecule has 0 aliphatic carbocycles. The first-order chi connectivity index (χ1) is 13.7. The van der Waals surface area contributed by atoms with Crippen molar-refractivity contribution < 1.29 is 14.3 Å². The number of amides is 1. The molecular formula is C23H22N2O3. The highest BCUT2D eigenvalue weighted by molar-refractivity contribution is 5.95. The lowest BCUT2D eigenvalue weighted by Gasteiger charge is -2.13. The average molecular weight is 374 g/mol. The molecule has 1 amide bonds. The number of ether oxygens (including phenoxy) is 2. The monoisotopic (exact) mass is 374 g/mol. The number of benzene rings is 3. The Balaban J connectivity index is 1.72. The van der Waals surface area contributed by atoms with E-state index in [1.807, 2.05) is 67.6 Å². The quantitative estimate of drug-likeness (QED) is 0.494. The molecule has 5 nitrogen and oxygen atoms in total. The number of aryl methyl sites for hydroxylation is 1. The Kier molecular flexibility index (Phi) is 6.41. The molecule has 0 atom stereocenters. The molecule has 0 saturated heterocycles. The number of nitrogens with zero attached hydrogens (tertiary/aromatic N) is 1. The lowest BCUT2D eigenvalue weighted by molar-refractivity contribution is 0.0955. The van der Waals surface area contributed by atoms with Crippen molar-refractivity contribution in [3.05, 3.63) is 95.1 Å². The Morgan fingerprint density at radius 3 is 2.46 bits per heavy atom. The van der Waals surface area contributed by atoms with Gasteiger partial charge in [0.25, 0.3) is 5.91 Å². The van der Waals surface area contributed by atoms with E-state index in [2.05, 4.69) is 10.5 Å². The third kappa shape index (κ3) is 4.98. The molecule has 0 bridgehead atoms. The first kappa shape index (κ1) is 19.2. The minimum absolute atomic E-state index is 0.272. The lowest BCUT2D eigenvalue weighted by Crippen LogP contribution is -2.17. The summed E-state index contributed by atoms with van der Waals surface area (Å²) < 4.78 is 11.4. The molecule has 142 valence electrons. The van der Waals surface area contributed by atoms with Gasteiger partial charge < -0.3 is 9.47 Å². The summed E-state index contributed by atoms with van der Waals surface area (Å²) in [6.45, 7) is 2.37. The van der Waals surface area contributed by atoms with Crippen molar-refractivity contribution in [2.24, 2.45) is 5.10 Å². The van der Waals surface area contributed by atoms with Crippen LogP contribution in [0.25, 0.3) is 0 Å². The zero-order valence-corrected chi connectivity index (χ0v) is 15.9. The molecule has 0 aromatic heterocycles. The maximum Gasteiger partial charge on any atom is 0.271 e. The lowest BCUT2D eigenvalue weighted by atomic mass is 10.1. The van der Waals surface area contributed by atoms with Gasteiger partial charge in [-0.1, -0.05) is 54.1 Å². The Labute approximate surface area is 164 Å². The van der Waals surface area contributed by atoms with Gasteiger partial charge in [-0.15, -0.1) is 0 Å². The van der Waals surface area contributed by atoms with Crippen molar-refractivity contribution in [3.63, 3.8) is 0 Å².